The van der Waals surface area contributed by atoms with Gasteiger partial charge in [-0.2, -0.15) is 0 Å². The average molecular weight is 437 g/mol. The van der Waals surface area contributed by atoms with Crippen LogP contribution in [0.15, 0.2) is 42.5 Å². The van der Waals surface area contributed by atoms with E-state index in [-0.39, 0.29) is 11.5 Å². The number of anilines is 1. The number of aryl methyl sites for hydroxylation is 1. The summed E-state index contributed by atoms with van der Waals surface area (Å²) in [7, 11) is 0. The van der Waals surface area contributed by atoms with Crippen LogP contribution in [0.2, 0.25) is 0 Å². The molecule has 6 heteroatoms. The van der Waals surface area contributed by atoms with E-state index >= 15 is 0 Å². The van der Waals surface area contributed by atoms with Gasteiger partial charge in [-0.3, -0.25) is 4.79 Å². The Morgan fingerprint density at radius 2 is 1.88 bits per heavy atom. The fraction of sp³-hybridized carbons (Fsp3) is 0.500. The number of rotatable bonds is 4. The maximum Gasteiger partial charge on any atom is 0.227 e. The van der Waals surface area contributed by atoms with E-state index in [2.05, 4.69) is 4.90 Å². The lowest BCUT2D eigenvalue weighted by atomic mass is 9.81. The molecule has 2 aromatic rings. The standard InChI is InChI=1S/C26H32N2O4/c1-18-4-9-24-21(15-18)22(29)16-26(32-24)10-13-27(14-11-26)17-23(30)19-5-7-20(8-6-19)28-12-2-3-25(28)31/h4-9,15,22-23,29-30H,2-3,10-14,16-17H2,1H3. The van der Waals surface area contributed by atoms with Crippen molar-refractivity contribution in [2.45, 2.75) is 56.8 Å². The van der Waals surface area contributed by atoms with Gasteiger partial charge in [-0.15, -0.1) is 0 Å². The molecule has 2 atom stereocenters. The van der Waals surface area contributed by atoms with Crippen LogP contribution in [-0.2, 0) is 4.79 Å². The van der Waals surface area contributed by atoms with Crippen LogP contribution in [0.5, 0.6) is 5.75 Å². The third-order valence-electron chi connectivity index (χ3n) is 7.28. The van der Waals surface area contributed by atoms with E-state index in [1.165, 1.54) is 0 Å². The maximum absolute atomic E-state index is 11.9. The number of carbonyl (C=O) groups is 1. The zero-order valence-electron chi connectivity index (χ0n) is 18.7. The molecule has 0 saturated carbocycles. The summed E-state index contributed by atoms with van der Waals surface area (Å²) in [6.45, 7) is 5.02. The summed E-state index contributed by atoms with van der Waals surface area (Å²) in [6.07, 6.45) is 2.75. The van der Waals surface area contributed by atoms with E-state index in [9.17, 15) is 15.0 Å². The molecule has 6 nitrogen and oxygen atoms in total. The van der Waals surface area contributed by atoms with Gasteiger partial charge >= 0.3 is 0 Å². The van der Waals surface area contributed by atoms with Crippen molar-refractivity contribution in [3.63, 3.8) is 0 Å². The normalized spacial score (nSPS) is 23.8. The van der Waals surface area contributed by atoms with Crippen LogP contribution in [0.4, 0.5) is 5.69 Å². The second-order valence-electron chi connectivity index (χ2n) is 9.60. The van der Waals surface area contributed by atoms with Gasteiger partial charge in [-0.25, -0.2) is 0 Å². The molecule has 32 heavy (non-hydrogen) atoms. The molecule has 1 amide bonds. The number of fused-ring (bicyclic) bond motifs is 1. The number of β-amino-alcohol motifs (C(OH)–C–C–N with tert-alkyl or cyclic N) is 1. The van der Waals surface area contributed by atoms with Gasteiger partial charge in [0.1, 0.15) is 11.4 Å². The fourth-order valence-corrected chi connectivity index (χ4v) is 5.36. The molecule has 3 heterocycles. The lowest BCUT2D eigenvalue weighted by molar-refractivity contribution is -0.117. The number of carbonyl (C=O) groups excluding carboxylic acids is 1. The molecule has 3 aliphatic heterocycles. The quantitative estimate of drug-likeness (QED) is 0.767. The van der Waals surface area contributed by atoms with Crippen molar-refractivity contribution in [3.8, 4) is 5.75 Å². The number of aliphatic hydroxyl groups is 2. The zero-order chi connectivity index (χ0) is 22.3. The summed E-state index contributed by atoms with van der Waals surface area (Å²) in [5.74, 6) is 0.979. The van der Waals surface area contributed by atoms with Crippen molar-refractivity contribution < 1.29 is 19.7 Å². The van der Waals surface area contributed by atoms with E-state index in [0.29, 0.717) is 19.4 Å². The third kappa shape index (κ3) is 4.15. The SMILES string of the molecule is Cc1ccc2c(c1)C(O)CC1(CCN(CC(O)c3ccc(N4CCCC4=O)cc3)CC1)O2. The molecule has 3 aliphatic rings. The second kappa shape index (κ2) is 8.50. The van der Waals surface area contributed by atoms with Gasteiger partial charge < -0.3 is 24.7 Å². The van der Waals surface area contributed by atoms with Crippen molar-refractivity contribution in [1.29, 1.82) is 0 Å². The monoisotopic (exact) mass is 436 g/mol. The predicted octanol–water partition coefficient (Wildman–Crippen LogP) is 3.51. The van der Waals surface area contributed by atoms with Gasteiger partial charge in [-0.1, -0.05) is 23.8 Å². The topological polar surface area (TPSA) is 73.2 Å². The second-order valence-corrected chi connectivity index (χ2v) is 9.60. The molecule has 0 aromatic heterocycles. The first-order valence-electron chi connectivity index (χ1n) is 11.7. The maximum atomic E-state index is 11.9. The van der Waals surface area contributed by atoms with Crippen LogP contribution in [0.3, 0.4) is 0 Å². The summed E-state index contributed by atoms with van der Waals surface area (Å²) in [5.41, 5.74) is 3.48. The predicted molar refractivity (Wildman–Crippen MR) is 123 cm³/mol. The van der Waals surface area contributed by atoms with Crippen molar-refractivity contribution in [1.82, 2.24) is 4.90 Å². The highest BCUT2D eigenvalue weighted by Crippen LogP contribution is 2.44. The Morgan fingerprint density at radius 1 is 1.12 bits per heavy atom. The first-order chi connectivity index (χ1) is 15.4. The summed E-state index contributed by atoms with van der Waals surface area (Å²) < 4.78 is 6.41. The number of benzene rings is 2. The first-order valence-corrected chi connectivity index (χ1v) is 11.7. The molecule has 1 spiro atoms. The minimum absolute atomic E-state index is 0.174. The van der Waals surface area contributed by atoms with Gasteiger partial charge in [-0.05, 0) is 56.0 Å². The summed E-state index contributed by atoms with van der Waals surface area (Å²) >= 11 is 0. The molecule has 2 aromatic carbocycles. The number of hydrogen-bond donors (Lipinski definition) is 2. The lowest BCUT2D eigenvalue weighted by Crippen LogP contribution is -2.51. The number of nitrogens with zero attached hydrogens (tertiary/aromatic N) is 2. The molecule has 5 rings (SSSR count). The average Bonchev–Trinajstić information content (AvgIpc) is 3.22. The van der Waals surface area contributed by atoms with Crippen LogP contribution in [0.1, 0.15) is 61.0 Å². The van der Waals surface area contributed by atoms with Crippen LogP contribution in [-0.4, -0.2) is 52.8 Å². The summed E-state index contributed by atoms with van der Waals surface area (Å²) in [6, 6.07) is 13.7. The molecule has 2 N–H and O–H groups in total. The van der Waals surface area contributed by atoms with Crippen LogP contribution >= 0.6 is 0 Å². The Bertz CT molecular complexity index is 982. The molecule has 2 fully saturated rings. The number of likely N-dealkylation sites (tertiary alicyclic amines) is 1. The summed E-state index contributed by atoms with van der Waals surface area (Å²) in [4.78, 5) is 16.0. The molecule has 0 radical (unpaired) electrons. The molecule has 2 unspecified atom stereocenters. The van der Waals surface area contributed by atoms with Gasteiger partial charge in [0.2, 0.25) is 5.91 Å². The van der Waals surface area contributed by atoms with Crippen molar-refractivity contribution in [2.75, 3.05) is 31.1 Å². The van der Waals surface area contributed by atoms with E-state index in [1.807, 2.05) is 54.3 Å². The highest BCUT2D eigenvalue weighted by molar-refractivity contribution is 5.95. The minimum Gasteiger partial charge on any atom is -0.487 e. The molecular formula is C26H32N2O4. The smallest absolute Gasteiger partial charge is 0.227 e. The van der Waals surface area contributed by atoms with E-state index in [4.69, 9.17) is 4.74 Å². The van der Waals surface area contributed by atoms with E-state index < -0.39 is 12.2 Å². The third-order valence-corrected chi connectivity index (χ3v) is 7.28. The Balaban J connectivity index is 1.18. The number of piperidine rings is 1. The number of amides is 1. The zero-order valence-corrected chi connectivity index (χ0v) is 18.7. The van der Waals surface area contributed by atoms with Crippen LogP contribution in [0.25, 0.3) is 0 Å². The molecule has 170 valence electrons. The van der Waals surface area contributed by atoms with Crippen LogP contribution in [0, 0.1) is 6.92 Å². The number of hydrogen-bond acceptors (Lipinski definition) is 5. The summed E-state index contributed by atoms with van der Waals surface area (Å²) in [5, 5.41) is 21.5. The highest BCUT2D eigenvalue weighted by Gasteiger charge is 2.43. The Kier molecular flexibility index (Phi) is 5.70. The minimum atomic E-state index is -0.575. The van der Waals surface area contributed by atoms with Gasteiger partial charge in [0, 0.05) is 50.3 Å². The molecule has 2 saturated heterocycles. The van der Waals surface area contributed by atoms with Crippen molar-refractivity contribution >= 4 is 11.6 Å². The van der Waals surface area contributed by atoms with Crippen LogP contribution < -0.4 is 9.64 Å². The lowest BCUT2D eigenvalue weighted by Gasteiger charge is -2.46. The number of aliphatic hydroxyl groups excluding tert-OH is 2. The molecular weight excluding hydrogens is 404 g/mol. The Labute approximate surface area is 189 Å². The number of ether oxygens (including phenoxy) is 1. The van der Waals surface area contributed by atoms with Gasteiger partial charge in [0.15, 0.2) is 0 Å². The van der Waals surface area contributed by atoms with E-state index in [1.54, 1.807) is 0 Å². The fourth-order valence-electron chi connectivity index (χ4n) is 5.36. The molecule has 0 bridgehead atoms. The van der Waals surface area contributed by atoms with Crippen molar-refractivity contribution in [2.24, 2.45) is 0 Å². The largest absolute Gasteiger partial charge is 0.487 e. The highest BCUT2D eigenvalue weighted by atomic mass is 16.5. The van der Waals surface area contributed by atoms with Gasteiger partial charge in [0.05, 0.1) is 12.2 Å². The van der Waals surface area contributed by atoms with Crippen molar-refractivity contribution in [3.05, 3.63) is 59.2 Å². The van der Waals surface area contributed by atoms with Gasteiger partial charge in [0.25, 0.3) is 0 Å². The molecule has 0 aliphatic carbocycles. The Hall–Kier alpha value is -2.41. The first kappa shape index (κ1) is 21.4. The Morgan fingerprint density at radius 3 is 2.56 bits per heavy atom. The van der Waals surface area contributed by atoms with E-state index in [0.717, 1.165) is 67.0 Å².